The molecule has 1 amide bonds. The SMILES string of the molecule is Cc1ccc(C(O)=C2C(=O)C(=O)N(CCN3CCOCC3)[C@@H]2c2ccc(C(C)(C)C)cc2)cc1. The molecule has 0 saturated carbocycles. The highest BCUT2D eigenvalue weighted by Gasteiger charge is 2.46. The van der Waals surface area contributed by atoms with Crippen molar-refractivity contribution in [3.8, 4) is 0 Å². The lowest BCUT2D eigenvalue weighted by atomic mass is 9.85. The van der Waals surface area contributed by atoms with E-state index in [-0.39, 0.29) is 16.7 Å². The number of aliphatic hydroxyl groups excluding tert-OH is 1. The summed E-state index contributed by atoms with van der Waals surface area (Å²) in [5.74, 6) is -1.33. The van der Waals surface area contributed by atoms with E-state index in [4.69, 9.17) is 4.74 Å². The van der Waals surface area contributed by atoms with E-state index < -0.39 is 17.7 Å². The number of morpholine rings is 1. The van der Waals surface area contributed by atoms with Gasteiger partial charge < -0.3 is 14.7 Å². The number of aryl methyl sites for hydroxylation is 1. The van der Waals surface area contributed by atoms with Crippen molar-refractivity contribution >= 4 is 17.4 Å². The number of aliphatic hydroxyl groups is 1. The lowest BCUT2D eigenvalue weighted by Crippen LogP contribution is -2.42. The summed E-state index contributed by atoms with van der Waals surface area (Å²) in [6.45, 7) is 12.4. The fourth-order valence-electron chi connectivity index (χ4n) is 4.56. The lowest BCUT2D eigenvalue weighted by molar-refractivity contribution is -0.140. The van der Waals surface area contributed by atoms with Crippen molar-refractivity contribution in [2.45, 2.75) is 39.2 Å². The molecule has 0 bridgehead atoms. The Kier molecular flexibility index (Phi) is 6.91. The van der Waals surface area contributed by atoms with Gasteiger partial charge in [0.25, 0.3) is 11.7 Å². The van der Waals surface area contributed by atoms with Gasteiger partial charge in [0, 0.05) is 31.7 Å². The minimum absolute atomic E-state index is 0.0153. The molecule has 4 rings (SSSR count). The van der Waals surface area contributed by atoms with Crippen molar-refractivity contribution < 1.29 is 19.4 Å². The summed E-state index contributed by atoms with van der Waals surface area (Å²) in [5.41, 5.74) is 3.71. The van der Waals surface area contributed by atoms with E-state index in [2.05, 4.69) is 25.7 Å². The molecule has 34 heavy (non-hydrogen) atoms. The zero-order valence-corrected chi connectivity index (χ0v) is 20.5. The quantitative estimate of drug-likeness (QED) is 0.413. The highest BCUT2D eigenvalue weighted by Crippen LogP contribution is 2.40. The van der Waals surface area contributed by atoms with E-state index in [1.165, 1.54) is 5.56 Å². The molecule has 180 valence electrons. The Balaban J connectivity index is 1.74. The van der Waals surface area contributed by atoms with Crippen LogP contribution in [0, 0.1) is 6.92 Å². The van der Waals surface area contributed by atoms with Gasteiger partial charge in [0.1, 0.15) is 5.76 Å². The highest BCUT2D eigenvalue weighted by molar-refractivity contribution is 6.46. The topological polar surface area (TPSA) is 70.1 Å². The molecule has 0 aromatic heterocycles. The van der Waals surface area contributed by atoms with Crippen molar-refractivity contribution in [1.82, 2.24) is 9.80 Å². The van der Waals surface area contributed by atoms with Crippen LogP contribution in [0.4, 0.5) is 0 Å². The number of ether oxygens (including phenoxy) is 1. The molecule has 2 aromatic rings. The van der Waals surface area contributed by atoms with E-state index in [0.717, 1.165) is 24.2 Å². The summed E-state index contributed by atoms with van der Waals surface area (Å²) in [4.78, 5) is 30.2. The van der Waals surface area contributed by atoms with Gasteiger partial charge in [0.05, 0.1) is 24.8 Å². The van der Waals surface area contributed by atoms with E-state index in [0.29, 0.717) is 31.9 Å². The second kappa shape index (κ2) is 9.72. The summed E-state index contributed by atoms with van der Waals surface area (Å²) in [7, 11) is 0. The van der Waals surface area contributed by atoms with Crippen LogP contribution in [0.3, 0.4) is 0 Å². The van der Waals surface area contributed by atoms with Gasteiger partial charge in [-0.2, -0.15) is 0 Å². The Hall–Kier alpha value is -2.96. The molecule has 6 nitrogen and oxygen atoms in total. The van der Waals surface area contributed by atoms with Gasteiger partial charge in [-0.3, -0.25) is 14.5 Å². The third-order valence-electron chi connectivity index (χ3n) is 6.72. The fourth-order valence-corrected chi connectivity index (χ4v) is 4.56. The number of hydrogen-bond acceptors (Lipinski definition) is 5. The third kappa shape index (κ3) is 4.93. The van der Waals surface area contributed by atoms with Crippen LogP contribution in [0.1, 0.15) is 49.1 Å². The third-order valence-corrected chi connectivity index (χ3v) is 6.72. The molecular weight excluding hydrogens is 428 g/mol. The van der Waals surface area contributed by atoms with Crippen LogP contribution < -0.4 is 0 Å². The van der Waals surface area contributed by atoms with Gasteiger partial charge in [0.2, 0.25) is 0 Å². The lowest BCUT2D eigenvalue weighted by Gasteiger charge is -2.31. The van der Waals surface area contributed by atoms with Gasteiger partial charge in [-0.1, -0.05) is 74.9 Å². The smallest absolute Gasteiger partial charge is 0.295 e. The van der Waals surface area contributed by atoms with Crippen molar-refractivity contribution in [3.63, 3.8) is 0 Å². The fraction of sp³-hybridized carbons (Fsp3) is 0.429. The van der Waals surface area contributed by atoms with Gasteiger partial charge >= 0.3 is 0 Å². The van der Waals surface area contributed by atoms with Crippen LogP contribution in [0.2, 0.25) is 0 Å². The average molecular weight is 463 g/mol. The van der Waals surface area contributed by atoms with Gasteiger partial charge in [-0.25, -0.2) is 0 Å². The van der Waals surface area contributed by atoms with Gasteiger partial charge in [0.15, 0.2) is 0 Å². The van der Waals surface area contributed by atoms with E-state index in [1.54, 1.807) is 17.0 Å². The Morgan fingerprint density at radius 1 is 0.971 bits per heavy atom. The number of carbonyl (C=O) groups is 2. The zero-order valence-electron chi connectivity index (χ0n) is 20.5. The average Bonchev–Trinajstić information content (AvgIpc) is 3.08. The molecule has 2 saturated heterocycles. The number of benzene rings is 2. The maximum atomic E-state index is 13.2. The molecule has 2 aliphatic heterocycles. The predicted molar refractivity (Wildman–Crippen MR) is 133 cm³/mol. The minimum atomic E-state index is -0.634. The maximum absolute atomic E-state index is 13.2. The number of nitrogens with zero attached hydrogens (tertiary/aromatic N) is 2. The number of ketones is 1. The molecule has 2 aromatic carbocycles. The largest absolute Gasteiger partial charge is 0.507 e. The number of likely N-dealkylation sites (tertiary alicyclic amines) is 1. The van der Waals surface area contributed by atoms with Crippen LogP contribution in [0.5, 0.6) is 0 Å². The molecule has 6 heteroatoms. The first-order valence-electron chi connectivity index (χ1n) is 11.9. The molecule has 0 spiro atoms. The predicted octanol–water partition coefficient (Wildman–Crippen LogP) is 4.05. The van der Waals surface area contributed by atoms with Crippen LogP contribution in [-0.4, -0.2) is 66.0 Å². The Bertz CT molecular complexity index is 1070. The number of amides is 1. The van der Waals surface area contributed by atoms with Crippen LogP contribution in [-0.2, 0) is 19.7 Å². The monoisotopic (exact) mass is 462 g/mol. The standard InChI is InChI=1S/C28H34N2O4/c1-19-5-7-21(8-6-19)25(31)23-24(20-9-11-22(12-10-20)28(2,3)4)30(27(33)26(23)32)14-13-29-15-17-34-18-16-29/h5-12,24,31H,13-18H2,1-4H3/t24-/m1/s1. The molecule has 0 unspecified atom stereocenters. The molecule has 2 heterocycles. The summed E-state index contributed by atoms with van der Waals surface area (Å²) in [6.07, 6.45) is 0. The maximum Gasteiger partial charge on any atom is 0.295 e. The first-order chi connectivity index (χ1) is 16.2. The number of hydrogen-bond donors (Lipinski definition) is 1. The number of Topliss-reactive ketones (excluding diaryl/α,β-unsaturated/α-hetero) is 1. The Labute approximate surface area is 201 Å². The van der Waals surface area contributed by atoms with E-state index in [9.17, 15) is 14.7 Å². The van der Waals surface area contributed by atoms with Gasteiger partial charge in [-0.15, -0.1) is 0 Å². The van der Waals surface area contributed by atoms with Crippen molar-refractivity contribution in [1.29, 1.82) is 0 Å². The Morgan fingerprint density at radius 2 is 1.59 bits per heavy atom. The van der Waals surface area contributed by atoms with Crippen molar-refractivity contribution in [3.05, 3.63) is 76.4 Å². The summed E-state index contributed by atoms with van der Waals surface area (Å²) < 4.78 is 5.43. The molecule has 1 N–H and O–H groups in total. The van der Waals surface area contributed by atoms with E-state index >= 15 is 0 Å². The number of carbonyl (C=O) groups excluding carboxylic acids is 2. The summed E-state index contributed by atoms with van der Waals surface area (Å²) in [6, 6.07) is 14.7. The molecule has 1 atom stereocenters. The molecule has 0 radical (unpaired) electrons. The highest BCUT2D eigenvalue weighted by atomic mass is 16.5. The Morgan fingerprint density at radius 3 is 2.18 bits per heavy atom. The summed E-state index contributed by atoms with van der Waals surface area (Å²) in [5, 5.41) is 11.2. The van der Waals surface area contributed by atoms with Crippen LogP contribution >= 0.6 is 0 Å². The molecule has 2 aliphatic rings. The minimum Gasteiger partial charge on any atom is -0.507 e. The normalized spacial score (nSPS) is 21.3. The number of rotatable bonds is 5. The van der Waals surface area contributed by atoms with Crippen LogP contribution in [0.15, 0.2) is 54.1 Å². The van der Waals surface area contributed by atoms with Crippen molar-refractivity contribution in [2.24, 2.45) is 0 Å². The van der Waals surface area contributed by atoms with E-state index in [1.807, 2.05) is 43.3 Å². The molecular formula is C28H34N2O4. The zero-order chi connectivity index (χ0) is 24.5. The van der Waals surface area contributed by atoms with Crippen molar-refractivity contribution in [2.75, 3.05) is 39.4 Å². The second-order valence-corrected chi connectivity index (χ2v) is 10.2. The first-order valence-corrected chi connectivity index (χ1v) is 11.9. The van der Waals surface area contributed by atoms with Crippen LogP contribution in [0.25, 0.3) is 5.76 Å². The first kappa shape index (κ1) is 24.2. The molecule has 0 aliphatic carbocycles. The summed E-state index contributed by atoms with van der Waals surface area (Å²) >= 11 is 0. The van der Waals surface area contributed by atoms with Gasteiger partial charge in [-0.05, 0) is 23.5 Å². The molecule has 2 fully saturated rings. The second-order valence-electron chi connectivity index (χ2n) is 10.2.